The molecule has 1 aliphatic rings. The highest BCUT2D eigenvalue weighted by Gasteiger charge is 2.23. The average Bonchev–Trinajstić information content (AvgIpc) is 2.86. The molecule has 1 fully saturated rings. The van der Waals surface area contributed by atoms with Crippen LogP contribution in [0.25, 0.3) is 0 Å². The van der Waals surface area contributed by atoms with Crippen molar-refractivity contribution in [3.8, 4) is 0 Å². The van der Waals surface area contributed by atoms with E-state index < -0.39 is 0 Å². The highest BCUT2D eigenvalue weighted by Crippen LogP contribution is 2.27. The van der Waals surface area contributed by atoms with Crippen LogP contribution < -0.4 is 5.32 Å². The minimum absolute atomic E-state index is 0.119. The molecule has 1 N–H and O–H groups in total. The van der Waals surface area contributed by atoms with Gasteiger partial charge in [0.05, 0.1) is 19.3 Å². The molecule has 1 aromatic heterocycles. The zero-order valence-corrected chi connectivity index (χ0v) is 12.0. The smallest absolute Gasteiger partial charge is 0.243 e. The van der Waals surface area contributed by atoms with Gasteiger partial charge in [0.2, 0.25) is 5.91 Å². The van der Waals surface area contributed by atoms with E-state index in [4.69, 9.17) is 4.74 Å². The second kappa shape index (κ2) is 6.84. The van der Waals surface area contributed by atoms with Gasteiger partial charge in [0.25, 0.3) is 0 Å². The van der Waals surface area contributed by atoms with Crippen LogP contribution in [-0.4, -0.2) is 43.7 Å². The van der Waals surface area contributed by atoms with Gasteiger partial charge in [-0.25, -0.2) is 0 Å². The van der Waals surface area contributed by atoms with Gasteiger partial charge in [-0.2, -0.15) is 0 Å². The molecule has 0 saturated carbocycles. The van der Waals surface area contributed by atoms with Crippen LogP contribution in [0.2, 0.25) is 0 Å². The largest absolute Gasteiger partial charge is 0.379 e. The molecule has 104 valence electrons. The Labute approximate surface area is 118 Å². The van der Waals surface area contributed by atoms with Crippen LogP contribution in [0.1, 0.15) is 15.8 Å². The van der Waals surface area contributed by atoms with Crippen molar-refractivity contribution < 1.29 is 9.53 Å². The number of hydrogen-bond donors (Lipinski definition) is 1. The number of nitrogens with zero attached hydrogens (tertiary/aromatic N) is 1. The lowest BCUT2D eigenvalue weighted by molar-refractivity contribution is -0.116. The Morgan fingerprint density at radius 3 is 2.89 bits per heavy atom. The molecule has 0 radical (unpaired) electrons. The zero-order valence-electron chi connectivity index (χ0n) is 11.2. The summed E-state index contributed by atoms with van der Waals surface area (Å²) in [5, 5.41) is 2.90. The first-order chi connectivity index (χ1) is 9.20. The normalized spacial score (nSPS) is 17.9. The van der Waals surface area contributed by atoms with Crippen molar-refractivity contribution in [3.05, 3.63) is 34.5 Å². The molecule has 5 heteroatoms. The quantitative estimate of drug-likeness (QED) is 0.835. The van der Waals surface area contributed by atoms with Crippen molar-refractivity contribution in [2.75, 3.05) is 32.8 Å². The van der Waals surface area contributed by atoms with Crippen LogP contribution in [0, 0.1) is 6.92 Å². The predicted molar refractivity (Wildman–Crippen MR) is 77.4 cm³/mol. The first-order valence-electron chi connectivity index (χ1n) is 6.49. The van der Waals surface area contributed by atoms with Crippen molar-refractivity contribution in [2.45, 2.75) is 13.0 Å². The lowest BCUT2D eigenvalue weighted by atomic mass is 10.2. The van der Waals surface area contributed by atoms with E-state index >= 15 is 0 Å². The summed E-state index contributed by atoms with van der Waals surface area (Å²) in [4.78, 5) is 16.3. The molecular weight excluding hydrogens is 260 g/mol. The van der Waals surface area contributed by atoms with Crippen molar-refractivity contribution >= 4 is 17.2 Å². The van der Waals surface area contributed by atoms with Crippen LogP contribution in [-0.2, 0) is 9.53 Å². The third-order valence-corrected chi connectivity index (χ3v) is 4.33. The SMILES string of the molecule is C=CC(=O)NC[C@H](c1ccc(C)s1)N1CCOCC1. The van der Waals surface area contributed by atoms with Gasteiger partial charge in [-0.05, 0) is 25.1 Å². The second-order valence-electron chi connectivity index (χ2n) is 4.56. The van der Waals surface area contributed by atoms with E-state index in [1.807, 2.05) is 0 Å². The van der Waals surface area contributed by atoms with Gasteiger partial charge in [0.1, 0.15) is 0 Å². The molecule has 0 aliphatic carbocycles. The van der Waals surface area contributed by atoms with Crippen molar-refractivity contribution in [1.82, 2.24) is 10.2 Å². The summed E-state index contributed by atoms with van der Waals surface area (Å²) >= 11 is 1.79. The third kappa shape index (κ3) is 3.89. The molecule has 1 saturated heterocycles. The molecule has 1 aromatic rings. The number of thiophene rings is 1. The van der Waals surface area contributed by atoms with Crippen LogP contribution in [0.5, 0.6) is 0 Å². The lowest BCUT2D eigenvalue weighted by Crippen LogP contribution is -2.43. The zero-order chi connectivity index (χ0) is 13.7. The number of amides is 1. The molecule has 1 amide bonds. The Kier molecular flexibility index (Phi) is 5.13. The van der Waals surface area contributed by atoms with E-state index in [1.165, 1.54) is 15.8 Å². The van der Waals surface area contributed by atoms with E-state index in [-0.39, 0.29) is 11.9 Å². The van der Waals surface area contributed by atoms with Crippen molar-refractivity contribution in [3.63, 3.8) is 0 Å². The van der Waals surface area contributed by atoms with Crippen LogP contribution in [0.15, 0.2) is 24.8 Å². The van der Waals surface area contributed by atoms with Crippen molar-refractivity contribution in [1.29, 1.82) is 0 Å². The molecule has 2 rings (SSSR count). The van der Waals surface area contributed by atoms with Gasteiger partial charge < -0.3 is 10.1 Å². The summed E-state index contributed by atoms with van der Waals surface area (Å²) in [5.41, 5.74) is 0. The van der Waals surface area contributed by atoms with Gasteiger partial charge >= 0.3 is 0 Å². The maximum atomic E-state index is 11.4. The van der Waals surface area contributed by atoms with Gasteiger partial charge in [-0.1, -0.05) is 6.58 Å². The number of nitrogens with one attached hydrogen (secondary N) is 1. The Bertz CT molecular complexity index is 438. The highest BCUT2D eigenvalue weighted by molar-refractivity contribution is 7.12. The van der Waals surface area contributed by atoms with E-state index in [2.05, 4.69) is 35.9 Å². The third-order valence-electron chi connectivity index (χ3n) is 3.23. The number of ether oxygens (including phenoxy) is 1. The maximum absolute atomic E-state index is 11.4. The van der Waals surface area contributed by atoms with Crippen molar-refractivity contribution in [2.24, 2.45) is 0 Å². The first-order valence-corrected chi connectivity index (χ1v) is 7.30. The number of aryl methyl sites for hydroxylation is 1. The number of rotatable bonds is 5. The molecular formula is C14H20N2O2S. The highest BCUT2D eigenvalue weighted by atomic mass is 32.1. The molecule has 1 atom stereocenters. The number of carbonyl (C=O) groups excluding carboxylic acids is 1. The molecule has 0 aromatic carbocycles. The monoisotopic (exact) mass is 280 g/mol. The lowest BCUT2D eigenvalue weighted by Gasteiger charge is -2.34. The fraction of sp³-hybridized carbons (Fsp3) is 0.500. The summed E-state index contributed by atoms with van der Waals surface area (Å²) < 4.78 is 5.40. The Hall–Kier alpha value is -1.17. The summed E-state index contributed by atoms with van der Waals surface area (Å²) in [6, 6.07) is 4.51. The summed E-state index contributed by atoms with van der Waals surface area (Å²) in [7, 11) is 0. The van der Waals surface area contributed by atoms with E-state index in [0.717, 1.165) is 26.3 Å². The number of carbonyl (C=O) groups is 1. The number of morpholine rings is 1. The first kappa shape index (κ1) is 14.2. The molecule has 4 nitrogen and oxygen atoms in total. The van der Waals surface area contributed by atoms with Gasteiger partial charge in [-0.15, -0.1) is 11.3 Å². The van der Waals surface area contributed by atoms with E-state index in [9.17, 15) is 4.79 Å². The Morgan fingerprint density at radius 1 is 1.58 bits per heavy atom. The fourth-order valence-electron chi connectivity index (χ4n) is 2.20. The minimum Gasteiger partial charge on any atom is -0.379 e. The standard InChI is InChI=1S/C14H20N2O2S/c1-3-14(17)15-10-12(13-5-4-11(2)19-13)16-6-8-18-9-7-16/h3-5,12H,1,6-10H2,2H3,(H,15,17)/t12-/m1/s1. The molecule has 0 bridgehead atoms. The molecule has 2 heterocycles. The summed E-state index contributed by atoms with van der Waals surface area (Å²) in [6.07, 6.45) is 1.32. The molecule has 0 spiro atoms. The number of hydrogen-bond acceptors (Lipinski definition) is 4. The van der Waals surface area contributed by atoms with Gasteiger partial charge in [0.15, 0.2) is 0 Å². The maximum Gasteiger partial charge on any atom is 0.243 e. The average molecular weight is 280 g/mol. The van der Waals surface area contributed by atoms with Gasteiger partial charge in [0, 0.05) is 29.4 Å². The molecule has 1 aliphatic heterocycles. The Morgan fingerprint density at radius 2 is 2.32 bits per heavy atom. The van der Waals surface area contributed by atoms with E-state index in [0.29, 0.717) is 6.54 Å². The minimum atomic E-state index is -0.119. The topological polar surface area (TPSA) is 41.6 Å². The predicted octanol–water partition coefficient (Wildman–Crippen LogP) is 1.73. The van der Waals surface area contributed by atoms with Gasteiger partial charge in [-0.3, -0.25) is 9.69 Å². The second-order valence-corrected chi connectivity index (χ2v) is 5.88. The van der Waals surface area contributed by atoms with Crippen LogP contribution in [0.3, 0.4) is 0 Å². The summed E-state index contributed by atoms with van der Waals surface area (Å²) in [5.74, 6) is -0.119. The molecule has 0 unspecified atom stereocenters. The van der Waals surface area contributed by atoms with Crippen LogP contribution in [0.4, 0.5) is 0 Å². The Balaban J connectivity index is 2.07. The summed E-state index contributed by atoms with van der Waals surface area (Å²) in [6.45, 7) is 9.54. The van der Waals surface area contributed by atoms with Crippen LogP contribution >= 0.6 is 11.3 Å². The van der Waals surface area contributed by atoms with E-state index in [1.54, 1.807) is 11.3 Å². The molecule has 19 heavy (non-hydrogen) atoms. The fourth-order valence-corrected chi connectivity index (χ4v) is 3.21.